The van der Waals surface area contributed by atoms with E-state index in [1.807, 2.05) is 11.3 Å². The highest BCUT2D eigenvalue weighted by Crippen LogP contribution is 2.50. The fourth-order valence-electron chi connectivity index (χ4n) is 3.73. The van der Waals surface area contributed by atoms with Gasteiger partial charge in [-0.3, -0.25) is 0 Å². The highest BCUT2D eigenvalue weighted by molar-refractivity contribution is 7.10. The first kappa shape index (κ1) is 9.89. The van der Waals surface area contributed by atoms with Gasteiger partial charge < -0.3 is 0 Å². The van der Waals surface area contributed by atoms with E-state index in [-0.39, 0.29) is 0 Å². The van der Waals surface area contributed by atoms with Crippen molar-refractivity contribution in [1.29, 1.82) is 0 Å². The fraction of sp³-hybridized carbons (Fsp3) is 0.714. The van der Waals surface area contributed by atoms with Crippen molar-refractivity contribution in [2.24, 2.45) is 17.3 Å². The Hall–Kier alpha value is -0.300. The molecule has 0 radical (unpaired) electrons. The summed E-state index contributed by atoms with van der Waals surface area (Å²) in [6.07, 6.45) is 7.10. The smallest absolute Gasteiger partial charge is 0.00801 e. The third-order valence-corrected chi connectivity index (χ3v) is 5.68. The molecule has 0 nitrogen and oxygen atoms in total. The van der Waals surface area contributed by atoms with Crippen LogP contribution in [0.1, 0.15) is 43.6 Å². The maximum absolute atomic E-state index is 2.49. The van der Waals surface area contributed by atoms with E-state index >= 15 is 0 Å². The molecule has 1 aromatic heterocycles. The van der Waals surface area contributed by atoms with Crippen molar-refractivity contribution in [3.63, 3.8) is 0 Å². The predicted molar refractivity (Wildman–Crippen MR) is 66.3 cm³/mol. The lowest BCUT2D eigenvalue weighted by molar-refractivity contribution is 0.0679. The number of fused-ring (bicyclic) bond motifs is 2. The highest BCUT2D eigenvalue weighted by Gasteiger charge is 2.41. The van der Waals surface area contributed by atoms with Crippen LogP contribution in [0.2, 0.25) is 0 Å². The van der Waals surface area contributed by atoms with E-state index in [1.165, 1.54) is 32.1 Å². The molecule has 0 bridgehead atoms. The van der Waals surface area contributed by atoms with Crippen molar-refractivity contribution < 1.29 is 0 Å². The van der Waals surface area contributed by atoms with Crippen LogP contribution in [-0.4, -0.2) is 0 Å². The van der Waals surface area contributed by atoms with Gasteiger partial charge in [-0.05, 0) is 59.9 Å². The Labute approximate surface area is 96.7 Å². The third-order valence-electron chi connectivity index (χ3n) is 4.69. The van der Waals surface area contributed by atoms with Crippen LogP contribution < -0.4 is 0 Å². The van der Waals surface area contributed by atoms with Gasteiger partial charge in [0.15, 0.2) is 0 Å². The van der Waals surface area contributed by atoms with Crippen LogP contribution in [0.3, 0.4) is 0 Å². The lowest BCUT2D eigenvalue weighted by atomic mass is 9.59. The number of thiophene rings is 1. The van der Waals surface area contributed by atoms with Gasteiger partial charge in [0.25, 0.3) is 0 Å². The van der Waals surface area contributed by atoms with Gasteiger partial charge in [-0.1, -0.05) is 20.3 Å². The lowest BCUT2D eigenvalue weighted by Crippen LogP contribution is -2.39. The van der Waals surface area contributed by atoms with E-state index in [0.717, 1.165) is 11.8 Å². The van der Waals surface area contributed by atoms with Crippen molar-refractivity contribution in [1.82, 2.24) is 0 Å². The Morgan fingerprint density at radius 2 is 2.20 bits per heavy atom. The molecule has 1 fully saturated rings. The molecule has 0 unspecified atom stereocenters. The Morgan fingerprint density at radius 3 is 3.07 bits per heavy atom. The molecule has 0 aliphatic heterocycles. The van der Waals surface area contributed by atoms with E-state index < -0.39 is 0 Å². The molecule has 0 spiro atoms. The van der Waals surface area contributed by atoms with Crippen molar-refractivity contribution >= 4 is 11.3 Å². The summed E-state index contributed by atoms with van der Waals surface area (Å²) < 4.78 is 0. The molecule has 0 N–H and O–H groups in total. The highest BCUT2D eigenvalue weighted by atomic mass is 32.1. The molecule has 15 heavy (non-hydrogen) atoms. The molecule has 1 heterocycles. The summed E-state index contributed by atoms with van der Waals surface area (Å²) >= 11 is 1.98. The van der Waals surface area contributed by atoms with Crippen LogP contribution >= 0.6 is 11.3 Å². The molecule has 2 aliphatic rings. The minimum Gasteiger partial charge on any atom is -0.149 e. The standard InChI is InChI=1S/C14H20S/c1-14(2)6-3-4-10-9-13-11(5-7-15-13)8-12(10)14/h5,7,10,12H,3-4,6,8-9H2,1-2H3/t10-,12-/m1/s1. The molecule has 0 aromatic carbocycles. The van der Waals surface area contributed by atoms with Gasteiger partial charge in [-0.2, -0.15) is 0 Å². The van der Waals surface area contributed by atoms with E-state index in [0.29, 0.717) is 5.41 Å². The Balaban J connectivity index is 1.94. The van der Waals surface area contributed by atoms with Crippen LogP contribution in [0.15, 0.2) is 11.4 Å². The summed E-state index contributed by atoms with van der Waals surface area (Å²) in [6.45, 7) is 4.97. The summed E-state index contributed by atoms with van der Waals surface area (Å²) in [5.74, 6) is 1.94. The summed E-state index contributed by atoms with van der Waals surface area (Å²) in [5, 5.41) is 2.29. The molecule has 0 amide bonds. The van der Waals surface area contributed by atoms with Crippen molar-refractivity contribution in [2.45, 2.75) is 46.0 Å². The fourth-order valence-corrected chi connectivity index (χ4v) is 4.74. The zero-order valence-electron chi connectivity index (χ0n) is 9.75. The zero-order valence-corrected chi connectivity index (χ0v) is 10.6. The van der Waals surface area contributed by atoms with Crippen LogP contribution in [0, 0.1) is 17.3 Å². The molecule has 0 saturated heterocycles. The molecule has 2 aliphatic carbocycles. The van der Waals surface area contributed by atoms with Gasteiger partial charge in [0, 0.05) is 4.88 Å². The molecule has 82 valence electrons. The molecular weight excluding hydrogens is 200 g/mol. The second-order valence-corrected chi connectivity index (χ2v) is 7.03. The number of rotatable bonds is 0. The monoisotopic (exact) mass is 220 g/mol. The second-order valence-electron chi connectivity index (χ2n) is 6.02. The first-order valence-electron chi connectivity index (χ1n) is 6.22. The molecule has 1 saturated carbocycles. The van der Waals surface area contributed by atoms with Crippen molar-refractivity contribution in [2.75, 3.05) is 0 Å². The second kappa shape index (κ2) is 3.35. The van der Waals surface area contributed by atoms with Gasteiger partial charge >= 0.3 is 0 Å². The maximum Gasteiger partial charge on any atom is 0.00801 e. The van der Waals surface area contributed by atoms with Gasteiger partial charge in [0.1, 0.15) is 0 Å². The van der Waals surface area contributed by atoms with Crippen molar-refractivity contribution in [3.05, 3.63) is 21.9 Å². The maximum atomic E-state index is 2.49. The first-order chi connectivity index (χ1) is 7.17. The van der Waals surface area contributed by atoms with Crippen LogP contribution in [0.5, 0.6) is 0 Å². The van der Waals surface area contributed by atoms with E-state index in [1.54, 1.807) is 10.4 Å². The molecule has 2 atom stereocenters. The summed E-state index contributed by atoms with van der Waals surface area (Å²) in [4.78, 5) is 1.69. The van der Waals surface area contributed by atoms with Gasteiger partial charge in [0.05, 0.1) is 0 Å². The SMILES string of the molecule is CC1(C)CCC[C@@H]2Cc3sccc3C[C@H]21. The number of hydrogen-bond acceptors (Lipinski definition) is 1. The Kier molecular flexibility index (Phi) is 2.21. The summed E-state index contributed by atoms with van der Waals surface area (Å²) in [5.41, 5.74) is 2.25. The quantitative estimate of drug-likeness (QED) is 0.612. The zero-order chi connectivity index (χ0) is 10.5. The van der Waals surface area contributed by atoms with Gasteiger partial charge in [-0.15, -0.1) is 11.3 Å². The first-order valence-corrected chi connectivity index (χ1v) is 7.10. The van der Waals surface area contributed by atoms with Crippen LogP contribution in [0.25, 0.3) is 0 Å². The number of hydrogen-bond donors (Lipinski definition) is 0. The molecule has 3 rings (SSSR count). The Bertz CT molecular complexity index is 361. The normalized spacial score (nSPS) is 33.2. The average molecular weight is 220 g/mol. The third kappa shape index (κ3) is 1.56. The Morgan fingerprint density at radius 1 is 1.33 bits per heavy atom. The van der Waals surface area contributed by atoms with E-state index in [4.69, 9.17) is 0 Å². The van der Waals surface area contributed by atoms with E-state index in [2.05, 4.69) is 25.3 Å². The van der Waals surface area contributed by atoms with Gasteiger partial charge in [0.2, 0.25) is 0 Å². The van der Waals surface area contributed by atoms with E-state index in [9.17, 15) is 0 Å². The minimum absolute atomic E-state index is 0.586. The van der Waals surface area contributed by atoms with Crippen molar-refractivity contribution in [3.8, 4) is 0 Å². The molecule has 1 aromatic rings. The molecule has 1 heteroatoms. The van der Waals surface area contributed by atoms with Crippen LogP contribution in [-0.2, 0) is 12.8 Å². The average Bonchev–Trinajstić information content (AvgIpc) is 2.62. The lowest BCUT2D eigenvalue weighted by Gasteiger charge is -2.46. The topological polar surface area (TPSA) is 0 Å². The van der Waals surface area contributed by atoms with Crippen LogP contribution in [0.4, 0.5) is 0 Å². The summed E-state index contributed by atoms with van der Waals surface area (Å²) in [7, 11) is 0. The largest absolute Gasteiger partial charge is 0.149 e. The summed E-state index contributed by atoms with van der Waals surface area (Å²) in [6, 6.07) is 2.36. The van der Waals surface area contributed by atoms with Gasteiger partial charge in [-0.25, -0.2) is 0 Å². The predicted octanol–water partition coefficient (Wildman–Crippen LogP) is 4.29. The molecular formula is C14H20S. The minimum atomic E-state index is 0.586.